The molecule has 0 amide bonds. The first-order valence-electron chi connectivity index (χ1n) is 5.32. The third kappa shape index (κ3) is 2.46. The molecule has 1 heteroatoms. The summed E-state index contributed by atoms with van der Waals surface area (Å²) in [4.78, 5) is 0. The molecule has 72 valence electrons. The molecule has 0 bridgehead atoms. The summed E-state index contributed by atoms with van der Waals surface area (Å²) in [6, 6.07) is 0. The highest BCUT2D eigenvalue weighted by atomic mass is 31.1. The molecule has 0 spiro atoms. The van der Waals surface area contributed by atoms with Crippen LogP contribution in [0.3, 0.4) is 0 Å². The first-order chi connectivity index (χ1) is 5.65. The van der Waals surface area contributed by atoms with Crippen LogP contribution < -0.4 is 0 Å². The molecule has 1 saturated carbocycles. The predicted molar refractivity (Wildman–Crippen MR) is 59.4 cm³/mol. The molecular formula is C11H23P. The Morgan fingerprint density at radius 1 is 1.25 bits per heavy atom. The fourth-order valence-corrected chi connectivity index (χ4v) is 4.15. The Morgan fingerprint density at radius 3 is 2.42 bits per heavy atom. The van der Waals surface area contributed by atoms with Crippen LogP contribution in [0.4, 0.5) is 0 Å². The summed E-state index contributed by atoms with van der Waals surface area (Å²) in [6.07, 6.45) is 4.46. The van der Waals surface area contributed by atoms with Crippen LogP contribution in [0.2, 0.25) is 0 Å². The van der Waals surface area contributed by atoms with Gasteiger partial charge in [-0.1, -0.05) is 27.2 Å². The summed E-state index contributed by atoms with van der Waals surface area (Å²) in [6.45, 7) is 9.60. The van der Waals surface area contributed by atoms with E-state index in [0.29, 0.717) is 0 Å². The third-order valence-corrected chi connectivity index (χ3v) is 4.80. The molecule has 1 rings (SSSR count). The minimum absolute atomic E-state index is 0.912. The quantitative estimate of drug-likeness (QED) is 0.576. The molecule has 1 aliphatic rings. The third-order valence-electron chi connectivity index (χ3n) is 3.39. The molecule has 0 saturated heterocycles. The Bertz CT molecular complexity index is 131. The molecule has 4 atom stereocenters. The second-order valence-electron chi connectivity index (χ2n) is 4.72. The average Bonchev–Trinajstić information content (AvgIpc) is 2.03. The molecule has 0 heterocycles. The fourth-order valence-electron chi connectivity index (χ4n) is 2.53. The molecule has 0 aromatic rings. The molecule has 0 radical (unpaired) electrons. The summed E-state index contributed by atoms with van der Waals surface area (Å²) >= 11 is 0. The molecule has 2 unspecified atom stereocenters. The molecule has 0 N–H and O–H groups in total. The molecule has 0 nitrogen and oxygen atoms in total. The van der Waals surface area contributed by atoms with Gasteiger partial charge < -0.3 is 0 Å². The maximum atomic E-state index is 2.42. The predicted octanol–water partition coefficient (Wildman–Crippen LogP) is 3.76. The molecule has 0 aromatic carbocycles. The Hall–Kier alpha value is 0.430. The number of hydrogen-bond donors (Lipinski definition) is 0. The van der Waals surface area contributed by atoms with E-state index in [1.54, 1.807) is 0 Å². The first-order valence-corrected chi connectivity index (χ1v) is 6.90. The van der Waals surface area contributed by atoms with E-state index in [-0.39, 0.29) is 0 Å². The Labute approximate surface area is 79.3 Å². The number of rotatable bonds is 2. The fraction of sp³-hybridized carbons (Fsp3) is 1.00. The average molecular weight is 186 g/mol. The van der Waals surface area contributed by atoms with E-state index in [4.69, 9.17) is 0 Å². The van der Waals surface area contributed by atoms with Gasteiger partial charge in [-0.25, -0.2) is 0 Å². The Balaban J connectivity index is 2.50. The van der Waals surface area contributed by atoms with Crippen molar-refractivity contribution in [2.75, 3.05) is 6.66 Å². The highest BCUT2D eigenvalue weighted by Crippen LogP contribution is 2.41. The highest BCUT2D eigenvalue weighted by Gasteiger charge is 2.29. The van der Waals surface area contributed by atoms with Gasteiger partial charge in [0.2, 0.25) is 0 Å². The van der Waals surface area contributed by atoms with E-state index >= 15 is 0 Å². The van der Waals surface area contributed by atoms with Crippen molar-refractivity contribution >= 4 is 8.58 Å². The molecule has 1 fully saturated rings. The minimum atomic E-state index is 0.912. The summed E-state index contributed by atoms with van der Waals surface area (Å²) in [5.41, 5.74) is 1.05. The van der Waals surface area contributed by atoms with Crippen LogP contribution in [-0.2, 0) is 0 Å². The van der Waals surface area contributed by atoms with Crippen molar-refractivity contribution in [3.05, 3.63) is 0 Å². The van der Waals surface area contributed by atoms with Crippen molar-refractivity contribution in [3.8, 4) is 0 Å². The van der Waals surface area contributed by atoms with Crippen molar-refractivity contribution < 1.29 is 0 Å². The van der Waals surface area contributed by atoms with Gasteiger partial charge in [0, 0.05) is 0 Å². The smallest absolute Gasteiger partial charge is 0.0206 e. The van der Waals surface area contributed by atoms with Crippen LogP contribution in [-0.4, -0.2) is 12.3 Å². The summed E-state index contributed by atoms with van der Waals surface area (Å²) in [7, 11) is 1.17. The van der Waals surface area contributed by atoms with Gasteiger partial charge in [-0.2, -0.15) is 0 Å². The van der Waals surface area contributed by atoms with Gasteiger partial charge in [0.25, 0.3) is 0 Å². The van der Waals surface area contributed by atoms with E-state index in [1.807, 2.05) is 0 Å². The Morgan fingerprint density at radius 2 is 1.92 bits per heavy atom. The molecular weight excluding hydrogens is 163 g/mol. The normalized spacial score (nSPS) is 38.2. The summed E-state index contributed by atoms with van der Waals surface area (Å²) < 4.78 is 0. The standard InChI is InChI=1S/C11H23P/c1-8(2)10-6-5-9(3)7-11(10)12-4/h8-12H,5-7H2,1-4H3/t9?,10-,11-/m0/s1. The van der Waals surface area contributed by atoms with Crippen molar-refractivity contribution in [1.82, 2.24) is 0 Å². The maximum absolute atomic E-state index is 2.42. The van der Waals surface area contributed by atoms with E-state index in [1.165, 1.54) is 27.8 Å². The molecule has 0 aromatic heterocycles. The molecule has 0 aliphatic heterocycles. The molecule has 1 aliphatic carbocycles. The summed E-state index contributed by atoms with van der Waals surface area (Å²) in [5.74, 6) is 2.94. The van der Waals surface area contributed by atoms with Crippen LogP contribution >= 0.6 is 8.58 Å². The van der Waals surface area contributed by atoms with Gasteiger partial charge in [-0.15, -0.1) is 8.58 Å². The van der Waals surface area contributed by atoms with Gasteiger partial charge in [-0.3, -0.25) is 0 Å². The van der Waals surface area contributed by atoms with Crippen LogP contribution in [0.5, 0.6) is 0 Å². The highest BCUT2D eigenvalue weighted by molar-refractivity contribution is 7.37. The zero-order chi connectivity index (χ0) is 9.14. The van der Waals surface area contributed by atoms with Gasteiger partial charge in [0.05, 0.1) is 0 Å². The topological polar surface area (TPSA) is 0 Å². The zero-order valence-electron chi connectivity index (χ0n) is 8.93. The zero-order valence-corrected chi connectivity index (χ0v) is 9.93. The lowest BCUT2D eigenvalue weighted by Crippen LogP contribution is -2.28. The van der Waals surface area contributed by atoms with E-state index in [9.17, 15) is 0 Å². The van der Waals surface area contributed by atoms with Gasteiger partial charge in [-0.05, 0) is 42.9 Å². The lowest BCUT2D eigenvalue weighted by molar-refractivity contribution is 0.243. The summed E-state index contributed by atoms with van der Waals surface area (Å²) in [5, 5.41) is 0. The van der Waals surface area contributed by atoms with Crippen LogP contribution in [0, 0.1) is 17.8 Å². The monoisotopic (exact) mass is 186 g/mol. The van der Waals surface area contributed by atoms with Gasteiger partial charge in [0.1, 0.15) is 0 Å². The molecule has 12 heavy (non-hydrogen) atoms. The van der Waals surface area contributed by atoms with Crippen molar-refractivity contribution in [3.63, 3.8) is 0 Å². The second-order valence-corrected chi connectivity index (χ2v) is 6.04. The first kappa shape index (κ1) is 10.5. The van der Waals surface area contributed by atoms with Crippen LogP contribution in [0.15, 0.2) is 0 Å². The van der Waals surface area contributed by atoms with E-state index in [2.05, 4.69) is 27.4 Å². The van der Waals surface area contributed by atoms with Gasteiger partial charge >= 0.3 is 0 Å². The second kappa shape index (κ2) is 4.61. The van der Waals surface area contributed by atoms with Crippen molar-refractivity contribution in [2.24, 2.45) is 17.8 Å². The minimum Gasteiger partial charge on any atom is -0.122 e. The van der Waals surface area contributed by atoms with Crippen molar-refractivity contribution in [2.45, 2.75) is 45.7 Å². The largest absolute Gasteiger partial charge is 0.122 e. The van der Waals surface area contributed by atoms with E-state index < -0.39 is 0 Å². The number of hydrogen-bond acceptors (Lipinski definition) is 0. The lowest BCUT2D eigenvalue weighted by atomic mass is 9.77. The van der Waals surface area contributed by atoms with Gasteiger partial charge in [0.15, 0.2) is 0 Å². The SMILES string of the molecule is CP[C@H]1CC(C)CC[C@H]1C(C)C. The lowest BCUT2D eigenvalue weighted by Gasteiger charge is -2.36. The van der Waals surface area contributed by atoms with E-state index in [0.717, 1.165) is 23.4 Å². The van der Waals surface area contributed by atoms with Crippen molar-refractivity contribution in [1.29, 1.82) is 0 Å². The maximum Gasteiger partial charge on any atom is -0.0206 e. The van der Waals surface area contributed by atoms with Crippen LogP contribution in [0.1, 0.15) is 40.0 Å². The van der Waals surface area contributed by atoms with Crippen LogP contribution in [0.25, 0.3) is 0 Å². The Kier molecular flexibility index (Phi) is 4.03.